The van der Waals surface area contributed by atoms with Gasteiger partial charge in [-0.1, -0.05) is 36.8 Å². The van der Waals surface area contributed by atoms with Crippen molar-refractivity contribution in [1.82, 2.24) is 15.2 Å². The number of rotatable bonds is 7. The fraction of sp³-hybridized carbons (Fsp3) is 0.458. The highest BCUT2D eigenvalue weighted by Gasteiger charge is 2.26. The molecule has 1 saturated carbocycles. The summed E-state index contributed by atoms with van der Waals surface area (Å²) >= 11 is 1.68. The summed E-state index contributed by atoms with van der Waals surface area (Å²) in [5.41, 5.74) is 2.07. The number of hydrogen-bond acceptors (Lipinski definition) is 4. The van der Waals surface area contributed by atoms with E-state index in [1.165, 1.54) is 6.42 Å². The average molecular weight is 424 g/mol. The van der Waals surface area contributed by atoms with Crippen LogP contribution >= 0.6 is 11.3 Å². The van der Waals surface area contributed by atoms with E-state index >= 15 is 0 Å². The lowest BCUT2D eigenvalue weighted by atomic mass is 9.85. The molecule has 30 heavy (non-hydrogen) atoms. The van der Waals surface area contributed by atoms with E-state index < -0.39 is 0 Å². The van der Waals surface area contributed by atoms with Crippen LogP contribution in [0.25, 0.3) is 6.08 Å². The number of amides is 2. The zero-order valence-electron chi connectivity index (χ0n) is 17.3. The van der Waals surface area contributed by atoms with Crippen LogP contribution in [0.3, 0.4) is 0 Å². The summed E-state index contributed by atoms with van der Waals surface area (Å²) in [5.74, 6) is 0.801. The quantitative estimate of drug-likeness (QED) is 0.684. The Morgan fingerprint density at radius 2 is 2.00 bits per heavy atom. The molecule has 158 valence electrons. The van der Waals surface area contributed by atoms with Gasteiger partial charge in [0.15, 0.2) is 0 Å². The molecule has 1 aliphatic carbocycles. The lowest BCUT2D eigenvalue weighted by molar-refractivity contribution is -0.128. The van der Waals surface area contributed by atoms with Gasteiger partial charge in [0, 0.05) is 49.3 Å². The molecule has 1 aromatic carbocycles. The van der Waals surface area contributed by atoms with Crippen LogP contribution < -0.4 is 5.32 Å². The normalized spacial score (nSPS) is 19.6. The molecule has 4 rings (SSSR count). The number of likely N-dealkylation sites (tertiary alicyclic amines) is 1. The standard InChI is InChI=1S/C24H29N3O2S/c28-22(12-11-18-6-2-1-3-7-18)27-15-5-10-20(16-27)24-26-21(17-30-24)13-14-25-23(29)19-8-4-9-19/h1-3,6-7,11-12,17,19-20H,4-5,8-10,13-16H2,(H,25,29)/b12-11+/t20-/m1/s1. The Bertz CT molecular complexity index is 889. The highest BCUT2D eigenvalue weighted by Crippen LogP contribution is 2.30. The summed E-state index contributed by atoms with van der Waals surface area (Å²) in [4.78, 5) is 31.3. The third-order valence-electron chi connectivity index (χ3n) is 6.03. The van der Waals surface area contributed by atoms with E-state index in [0.29, 0.717) is 12.5 Å². The molecule has 2 aliphatic rings. The Morgan fingerprint density at radius 1 is 1.17 bits per heavy atom. The van der Waals surface area contributed by atoms with Crippen molar-refractivity contribution in [3.05, 3.63) is 58.1 Å². The zero-order chi connectivity index (χ0) is 20.8. The van der Waals surface area contributed by atoms with Gasteiger partial charge in [0.1, 0.15) is 0 Å². The Morgan fingerprint density at radius 3 is 2.77 bits per heavy atom. The number of nitrogens with one attached hydrogen (secondary N) is 1. The van der Waals surface area contributed by atoms with E-state index in [0.717, 1.165) is 61.5 Å². The molecular weight excluding hydrogens is 394 g/mol. The Hall–Kier alpha value is -2.47. The van der Waals surface area contributed by atoms with Gasteiger partial charge in [0.25, 0.3) is 0 Å². The third kappa shape index (κ3) is 5.36. The molecule has 2 fully saturated rings. The van der Waals surface area contributed by atoms with Gasteiger partial charge in [-0.3, -0.25) is 9.59 Å². The lowest BCUT2D eigenvalue weighted by Gasteiger charge is -2.31. The van der Waals surface area contributed by atoms with Gasteiger partial charge in [0.05, 0.1) is 10.7 Å². The number of carbonyl (C=O) groups is 2. The molecule has 1 aliphatic heterocycles. The summed E-state index contributed by atoms with van der Waals surface area (Å²) in [7, 11) is 0. The summed E-state index contributed by atoms with van der Waals surface area (Å²) in [6.07, 6.45) is 9.63. The summed E-state index contributed by atoms with van der Waals surface area (Å²) in [5, 5.41) is 6.25. The fourth-order valence-corrected chi connectivity index (χ4v) is 4.95. The molecule has 2 amide bonds. The number of hydrogen-bond donors (Lipinski definition) is 1. The van der Waals surface area contributed by atoms with Crippen LogP contribution in [0.5, 0.6) is 0 Å². The van der Waals surface area contributed by atoms with Gasteiger partial charge in [-0.15, -0.1) is 11.3 Å². The van der Waals surface area contributed by atoms with E-state index in [1.54, 1.807) is 17.4 Å². The fourth-order valence-electron chi connectivity index (χ4n) is 3.97. The van der Waals surface area contributed by atoms with Gasteiger partial charge < -0.3 is 10.2 Å². The number of thiazole rings is 1. The minimum atomic E-state index is 0.0686. The molecule has 0 unspecified atom stereocenters. The average Bonchev–Trinajstić information content (AvgIpc) is 3.20. The van der Waals surface area contributed by atoms with Crippen molar-refractivity contribution >= 4 is 29.2 Å². The Kier molecular flexibility index (Phi) is 6.95. The predicted molar refractivity (Wildman–Crippen MR) is 120 cm³/mol. The molecule has 1 N–H and O–H groups in total. The van der Waals surface area contributed by atoms with E-state index in [-0.39, 0.29) is 17.7 Å². The molecule has 2 aromatic rings. The molecule has 1 saturated heterocycles. The molecule has 0 radical (unpaired) electrons. The Labute approximate surface area is 182 Å². The first-order valence-electron chi connectivity index (χ1n) is 10.9. The van der Waals surface area contributed by atoms with E-state index in [2.05, 4.69) is 10.7 Å². The van der Waals surface area contributed by atoms with Crippen molar-refractivity contribution in [2.75, 3.05) is 19.6 Å². The van der Waals surface area contributed by atoms with Crippen molar-refractivity contribution in [3.63, 3.8) is 0 Å². The smallest absolute Gasteiger partial charge is 0.246 e. The highest BCUT2D eigenvalue weighted by atomic mass is 32.1. The second kappa shape index (κ2) is 10.0. The van der Waals surface area contributed by atoms with Crippen molar-refractivity contribution in [2.45, 2.75) is 44.4 Å². The maximum Gasteiger partial charge on any atom is 0.246 e. The summed E-state index contributed by atoms with van der Waals surface area (Å²) < 4.78 is 0. The van der Waals surface area contributed by atoms with Crippen molar-refractivity contribution in [3.8, 4) is 0 Å². The van der Waals surface area contributed by atoms with Crippen LogP contribution in [0, 0.1) is 5.92 Å². The van der Waals surface area contributed by atoms with E-state index in [9.17, 15) is 9.59 Å². The molecular formula is C24H29N3O2S. The maximum absolute atomic E-state index is 12.6. The van der Waals surface area contributed by atoms with Gasteiger partial charge in [-0.05, 0) is 37.3 Å². The first-order chi connectivity index (χ1) is 14.7. The topological polar surface area (TPSA) is 62.3 Å². The van der Waals surface area contributed by atoms with Crippen LogP contribution in [-0.4, -0.2) is 41.3 Å². The molecule has 2 heterocycles. The van der Waals surface area contributed by atoms with Crippen LogP contribution in [0.2, 0.25) is 0 Å². The second-order valence-electron chi connectivity index (χ2n) is 8.21. The third-order valence-corrected chi connectivity index (χ3v) is 7.08. The summed E-state index contributed by atoms with van der Waals surface area (Å²) in [6, 6.07) is 9.90. The van der Waals surface area contributed by atoms with Gasteiger partial charge in [0.2, 0.25) is 11.8 Å². The minimum Gasteiger partial charge on any atom is -0.355 e. The number of piperidine rings is 1. The Balaban J connectivity index is 1.27. The zero-order valence-corrected chi connectivity index (χ0v) is 18.1. The number of benzene rings is 1. The van der Waals surface area contributed by atoms with Crippen molar-refractivity contribution in [1.29, 1.82) is 0 Å². The SMILES string of the molecule is O=C(NCCc1csc([C@@H]2CCCN(C(=O)/C=C/c3ccccc3)C2)n1)C1CCC1. The molecule has 0 bridgehead atoms. The van der Waals surface area contributed by atoms with Crippen molar-refractivity contribution < 1.29 is 9.59 Å². The molecule has 1 atom stereocenters. The van der Waals surface area contributed by atoms with E-state index in [4.69, 9.17) is 4.98 Å². The number of nitrogens with zero attached hydrogens (tertiary/aromatic N) is 2. The monoisotopic (exact) mass is 423 g/mol. The minimum absolute atomic E-state index is 0.0686. The largest absolute Gasteiger partial charge is 0.355 e. The molecule has 0 spiro atoms. The second-order valence-corrected chi connectivity index (χ2v) is 9.10. The maximum atomic E-state index is 12.6. The summed E-state index contributed by atoms with van der Waals surface area (Å²) in [6.45, 7) is 2.18. The number of aromatic nitrogens is 1. The van der Waals surface area contributed by atoms with Gasteiger partial charge in [-0.25, -0.2) is 4.98 Å². The molecule has 5 nitrogen and oxygen atoms in total. The van der Waals surface area contributed by atoms with Crippen LogP contribution in [0.1, 0.15) is 54.3 Å². The van der Waals surface area contributed by atoms with E-state index in [1.807, 2.05) is 41.3 Å². The first-order valence-corrected chi connectivity index (χ1v) is 11.8. The van der Waals surface area contributed by atoms with Crippen LogP contribution in [-0.2, 0) is 16.0 Å². The van der Waals surface area contributed by atoms with Gasteiger partial charge >= 0.3 is 0 Å². The van der Waals surface area contributed by atoms with Crippen LogP contribution in [0.4, 0.5) is 0 Å². The lowest BCUT2D eigenvalue weighted by Crippen LogP contribution is -2.38. The van der Waals surface area contributed by atoms with Crippen LogP contribution in [0.15, 0.2) is 41.8 Å². The molecule has 6 heteroatoms. The van der Waals surface area contributed by atoms with Gasteiger partial charge in [-0.2, -0.15) is 0 Å². The molecule has 1 aromatic heterocycles. The highest BCUT2D eigenvalue weighted by molar-refractivity contribution is 7.09. The number of carbonyl (C=O) groups excluding carboxylic acids is 2. The predicted octanol–water partition coefficient (Wildman–Crippen LogP) is 4.02. The van der Waals surface area contributed by atoms with Crippen molar-refractivity contribution in [2.24, 2.45) is 5.92 Å². The first kappa shape index (κ1) is 20.8.